The van der Waals surface area contributed by atoms with Crippen molar-refractivity contribution in [3.05, 3.63) is 100 Å². The van der Waals surface area contributed by atoms with Crippen LogP contribution in [0.1, 0.15) is 17.0 Å². The highest BCUT2D eigenvalue weighted by Crippen LogP contribution is 2.31. The Hall–Kier alpha value is -3.67. The zero-order valence-electron chi connectivity index (χ0n) is 14.6. The molecule has 0 unspecified atom stereocenters. The maximum atomic E-state index is 11.3. The fraction of sp³-hybridized carbons (Fsp3) is 0.0952. The summed E-state index contributed by atoms with van der Waals surface area (Å²) in [6.45, 7) is 0.521. The number of nitro groups is 1. The Morgan fingerprint density at radius 2 is 1.81 bits per heavy atom. The molecule has 0 saturated heterocycles. The van der Waals surface area contributed by atoms with Crippen LogP contribution in [0.4, 0.5) is 11.5 Å². The summed E-state index contributed by atoms with van der Waals surface area (Å²) in [5.41, 5.74) is 3.41. The Labute approximate surface area is 156 Å². The van der Waals surface area contributed by atoms with Crippen LogP contribution < -0.4 is 10.3 Å². The van der Waals surface area contributed by atoms with Crippen LogP contribution in [-0.2, 0) is 0 Å². The van der Waals surface area contributed by atoms with Crippen LogP contribution in [0.2, 0.25) is 0 Å². The Morgan fingerprint density at radius 1 is 1.04 bits per heavy atom. The molecule has 0 spiro atoms. The first-order valence-corrected chi connectivity index (χ1v) is 8.74. The fourth-order valence-corrected chi connectivity index (χ4v) is 3.40. The number of aromatic amines is 2. The molecule has 0 saturated carbocycles. The molecule has 134 valence electrons. The zero-order chi connectivity index (χ0) is 18.6. The molecule has 27 heavy (non-hydrogen) atoms. The highest BCUT2D eigenvalue weighted by molar-refractivity contribution is 5.84. The second-order valence-corrected chi connectivity index (χ2v) is 6.32. The van der Waals surface area contributed by atoms with Gasteiger partial charge in [0.25, 0.3) is 0 Å². The lowest BCUT2D eigenvalue weighted by Crippen LogP contribution is -2.20. The Kier molecular flexibility index (Phi) is 4.53. The van der Waals surface area contributed by atoms with Crippen molar-refractivity contribution in [1.82, 2.24) is 4.98 Å². The molecule has 6 heteroatoms. The molecule has 1 atom stereocenters. The van der Waals surface area contributed by atoms with E-state index in [0.29, 0.717) is 12.4 Å². The van der Waals surface area contributed by atoms with Crippen molar-refractivity contribution in [2.24, 2.45) is 0 Å². The molecule has 6 nitrogen and oxygen atoms in total. The third-order valence-corrected chi connectivity index (χ3v) is 4.71. The molecule has 4 rings (SSSR count). The van der Waals surface area contributed by atoms with Gasteiger partial charge in [-0.3, -0.25) is 15.4 Å². The maximum Gasteiger partial charge on any atom is 0.357 e. The van der Waals surface area contributed by atoms with E-state index in [4.69, 9.17) is 0 Å². The third kappa shape index (κ3) is 3.37. The van der Waals surface area contributed by atoms with Crippen LogP contribution in [0.15, 0.2) is 79.1 Å². The van der Waals surface area contributed by atoms with E-state index in [1.165, 1.54) is 6.07 Å². The Bertz CT molecular complexity index is 1080. The van der Waals surface area contributed by atoms with E-state index in [9.17, 15) is 10.1 Å². The van der Waals surface area contributed by atoms with E-state index in [2.05, 4.69) is 33.5 Å². The first-order valence-electron chi connectivity index (χ1n) is 8.74. The molecule has 0 aliphatic carbocycles. The van der Waals surface area contributed by atoms with Gasteiger partial charge in [0.15, 0.2) is 0 Å². The van der Waals surface area contributed by atoms with E-state index in [1.54, 1.807) is 12.3 Å². The fourth-order valence-electron chi connectivity index (χ4n) is 3.40. The molecular weight excluding hydrogens is 340 g/mol. The van der Waals surface area contributed by atoms with Crippen LogP contribution in [0.5, 0.6) is 0 Å². The van der Waals surface area contributed by atoms with Crippen molar-refractivity contribution in [3.63, 3.8) is 0 Å². The molecule has 0 bridgehead atoms. The van der Waals surface area contributed by atoms with Crippen LogP contribution in [0.3, 0.4) is 0 Å². The van der Waals surface area contributed by atoms with Gasteiger partial charge in [-0.1, -0.05) is 48.5 Å². The average molecular weight is 359 g/mol. The van der Waals surface area contributed by atoms with Crippen molar-refractivity contribution in [3.8, 4) is 0 Å². The number of H-pyrrole nitrogens is 2. The summed E-state index contributed by atoms with van der Waals surface area (Å²) in [6, 6.07) is 21.4. The number of aromatic nitrogens is 2. The number of nitrogens with zero attached hydrogens (tertiary/aromatic N) is 1. The lowest BCUT2D eigenvalue weighted by molar-refractivity contribution is -0.409. The summed E-state index contributed by atoms with van der Waals surface area (Å²) >= 11 is 0. The summed E-state index contributed by atoms with van der Waals surface area (Å²) in [7, 11) is 0. The standard InChI is InChI=1S/C21H18N4O2/c26-25(27)20-11-6-12-22-21(20)24-13-17(15-7-2-1-3-8-15)18-14-23-19-10-5-4-9-16(18)19/h1-12,14,17,23H,13H2,(H,22,24)/p+1/t17-/m0/s1. The van der Waals surface area contributed by atoms with Gasteiger partial charge < -0.3 is 4.98 Å². The van der Waals surface area contributed by atoms with Gasteiger partial charge in [0, 0.05) is 29.1 Å². The van der Waals surface area contributed by atoms with Crippen molar-refractivity contribution in [1.29, 1.82) is 0 Å². The molecular formula is C21H19N4O2+. The minimum absolute atomic E-state index is 0.0308. The quantitative estimate of drug-likeness (QED) is 0.401. The molecule has 0 aliphatic rings. The molecule has 4 aromatic rings. The Balaban J connectivity index is 1.71. The smallest absolute Gasteiger partial charge is 0.357 e. The first kappa shape index (κ1) is 16.8. The lowest BCUT2D eigenvalue weighted by Gasteiger charge is -2.15. The number of anilines is 1. The average Bonchev–Trinajstić information content (AvgIpc) is 3.13. The largest absolute Gasteiger partial charge is 0.361 e. The number of hydrogen-bond acceptors (Lipinski definition) is 3. The van der Waals surface area contributed by atoms with E-state index < -0.39 is 0 Å². The predicted octanol–water partition coefficient (Wildman–Crippen LogP) is 4.13. The summed E-state index contributed by atoms with van der Waals surface area (Å²) in [5.74, 6) is 0.443. The number of para-hydroxylation sites is 1. The second-order valence-electron chi connectivity index (χ2n) is 6.32. The van der Waals surface area contributed by atoms with E-state index in [1.807, 2.05) is 42.6 Å². The van der Waals surface area contributed by atoms with Gasteiger partial charge >= 0.3 is 11.5 Å². The normalized spacial score (nSPS) is 12.0. The van der Waals surface area contributed by atoms with Crippen molar-refractivity contribution in [2.75, 3.05) is 11.9 Å². The minimum Gasteiger partial charge on any atom is -0.361 e. The Morgan fingerprint density at radius 3 is 2.63 bits per heavy atom. The van der Waals surface area contributed by atoms with E-state index in [0.717, 1.165) is 22.0 Å². The monoisotopic (exact) mass is 359 g/mol. The predicted molar refractivity (Wildman–Crippen MR) is 105 cm³/mol. The van der Waals surface area contributed by atoms with E-state index >= 15 is 0 Å². The number of nitrogens with one attached hydrogen (secondary N) is 3. The van der Waals surface area contributed by atoms with Crippen LogP contribution in [0, 0.1) is 10.1 Å². The SMILES string of the molecule is O=[N+]([O-])c1ccc[nH+]c1NC[C@@H](c1ccccc1)c1c[nH]c2ccccc12. The van der Waals surface area contributed by atoms with Crippen LogP contribution >= 0.6 is 0 Å². The summed E-state index contributed by atoms with van der Waals surface area (Å²) < 4.78 is 0. The highest BCUT2D eigenvalue weighted by Gasteiger charge is 2.24. The summed E-state index contributed by atoms with van der Waals surface area (Å²) in [6.07, 6.45) is 3.70. The van der Waals surface area contributed by atoms with Gasteiger partial charge in [0.1, 0.15) is 0 Å². The molecule has 2 aromatic heterocycles. The first-order chi connectivity index (χ1) is 13.2. The molecule has 2 heterocycles. The third-order valence-electron chi connectivity index (χ3n) is 4.71. The van der Waals surface area contributed by atoms with Gasteiger partial charge in [0.2, 0.25) is 0 Å². The van der Waals surface area contributed by atoms with E-state index in [-0.39, 0.29) is 16.5 Å². The van der Waals surface area contributed by atoms with Gasteiger partial charge in [-0.15, -0.1) is 0 Å². The maximum absolute atomic E-state index is 11.3. The minimum atomic E-state index is -0.387. The van der Waals surface area contributed by atoms with Crippen molar-refractivity contribution >= 4 is 22.4 Å². The lowest BCUT2D eigenvalue weighted by atomic mass is 9.91. The number of rotatable bonds is 6. The highest BCUT2D eigenvalue weighted by atomic mass is 16.6. The number of hydrogen-bond donors (Lipinski definition) is 2. The van der Waals surface area contributed by atoms with Crippen molar-refractivity contribution < 1.29 is 9.91 Å². The topological polar surface area (TPSA) is 85.1 Å². The number of fused-ring (bicyclic) bond motifs is 1. The van der Waals surface area contributed by atoms with Crippen molar-refractivity contribution in [2.45, 2.75) is 5.92 Å². The van der Waals surface area contributed by atoms with Gasteiger partial charge in [-0.05, 0) is 23.3 Å². The second kappa shape index (κ2) is 7.29. The van der Waals surface area contributed by atoms with Gasteiger partial charge in [-0.25, -0.2) is 4.98 Å². The molecule has 2 aromatic carbocycles. The molecule has 0 amide bonds. The van der Waals surface area contributed by atoms with Crippen LogP contribution in [-0.4, -0.2) is 16.5 Å². The molecule has 3 N–H and O–H groups in total. The summed E-state index contributed by atoms with van der Waals surface area (Å²) in [4.78, 5) is 17.2. The number of benzene rings is 2. The number of pyridine rings is 1. The summed E-state index contributed by atoms with van der Waals surface area (Å²) in [5, 5.41) is 15.7. The van der Waals surface area contributed by atoms with Crippen LogP contribution in [0.25, 0.3) is 10.9 Å². The van der Waals surface area contributed by atoms with Gasteiger partial charge in [0.05, 0.1) is 17.7 Å². The molecule has 0 radical (unpaired) electrons. The molecule has 0 aliphatic heterocycles. The van der Waals surface area contributed by atoms with Gasteiger partial charge in [-0.2, -0.15) is 0 Å². The zero-order valence-corrected chi connectivity index (χ0v) is 14.6. The molecule has 0 fully saturated rings.